The van der Waals surface area contributed by atoms with Crippen LogP contribution in [-0.4, -0.2) is 21.4 Å². The molecule has 0 saturated carbocycles. The van der Waals surface area contributed by atoms with E-state index < -0.39 is 16.0 Å². The number of benzene rings is 3. The van der Waals surface area contributed by atoms with Gasteiger partial charge in [0.1, 0.15) is 16.5 Å². The zero-order valence-electron chi connectivity index (χ0n) is 16.8. The molecule has 1 N–H and O–H groups in total. The summed E-state index contributed by atoms with van der Waals surface area (Å²) in [5, 5.41) is 12.0. The molecule has 0 heterocycles. The molecular formula is C23H17ClN2O5S. The molecule has 7 nitrogen and oxygen atoms in total. The Kier molecular flexibility index (Phi) is 7.15. The predicted octanol–water partition coefficient (Wildman–Crippen LogP) is 4.66. The van der Waals surface area contributed by atoms with E-state index in [0.717, 1.165) is 0 Å². The van der Waals surface area contributed by atoms with E-state index in [4.69, 9.17) is 20.5 Å². The van der Waals surface area contributed by atoms with E-state index in [1.807, 2.05) is 6.07 Å². The number of carbonyl (C=O) groups excluding carboxylic acids is 1. The number of rotatable bonds is 7. The van der Waals surface area contributed by atoms with Gasteiger partial charge < -0.3 is 14.2 Å². The Hall–Kier alpha value is -3.80. The van der Waals surface area contributed by atoms with Crippen molar-refractivity contribution in [2.45, 2.75) is 4.90 Å². The number of methoxy groups -OCH3 is 1. The number of para-hydroxylation sites is 1. The molecule has 0 saturated heterocycles. The van der Waals surface area contributed by atoms with Crippen LogP contribution >= 0.6 is 11.6 Å². The first-order valence-electron chi connectivity index (χ1n) is 9.19. The maximum absolute atomic E-state index is 12.5. The molecule has 3 rings (SSSR count). The molecule has 0 aliphatic rings. The van der Waals surface area contributed by atoms with Gasteiger partial charge in [0.25, 0.3) is 5.91 Å². The van der Waals surface area contributed by atoms with Crippen molar-refractivity contribution in [3.63, 3.8) is 0 Å². The summed E-state index contributed by atoms with van der Waals surface area (Å²) in [5.41, 5.74) is 0.692. The molecule has 0 fully saturated rings. The first kappa shape index (κ1) is 22.9. The van der Waals surface area contributed by atoms with E-state index in [0.29, 0.717) is 11.3 Å². The summed E-state index contributed by atoms with van der Waals surface area (Å²) in [5.74, 6) is -0.799. The molecule has 0 aromatic heterocycles. The van der Waals surface area contributed by atoms with Crippen LogP contribution < -0.4 is 14.2 Å². The van der Waals surface area contributed by atoms with Gasteiger partial charge in [-0.3, -0.25) is 4.79 Å². The summed E-state index contributed by atoms with van der Waals surface area (Å²) in [7, 11) is -2.84. The number of hydrogen-bond acceptors (Lipinski definition) is 6. The summed E-state index contributed by atoms with van der Waals surface area (Å²) in [4.78, 5) is 12.4. The molecule has 0 aliphatic heterocycles. The van der Waals surface area contributed by atoms with E-state index in [2.05, 4.69) is 5.32 Å². The molecule has 0 radical (unpaired) electrons. The Labute approximate surface area is 190 Å². The smallest absolute Gasteiger partial charge is 0.339 e. The Bertz CT molecular complexity index is 1300. The lowest BCUT2D eigenvalue weighted by molar-refractivity contribution is -0.112. The molecule has 0 aliphatic carbocycles. The fraction of sp³-hybridized carbons (Fsp3) is 0.0435. The molecular weight excluding hydrogens is 452 g/mol. The van der Waals surface area contributed by atoms with Gasteiger partial charge in [-0.2, -0.15) is 13.7 Å². The van der Waals surface area contributed by atoms with Crippen LogP contribution in [-0.2, 0) is 14.9 Å². The summed E-state index contributed by atoms with van der Waals surface area (Å²) >= 11 is 6.26. The highest BCUT2D eigenvalue weighted by molar-refractivity contribution is 7.87. The third-order valence-electron chi connectivity index (χ3n) is 4.18. The second-order valence-corrected chi connectivity index (χ2v) is 8.33. The minimum Gasteiger partial charge on any atom is -0.493 e. The Morgan fingerprint density at radius 2 is 1.69 bits per heavy atom. The Morgan fingerprint density at radius 3 is 2.28 bits per heavy atom. The van der Waals surface area contributed by atoms with E-state index >= 15 is 0 Å². The Balaban J connectivity index is 1.91. The second kappa shape index (κ2) is 10.0. The molecule has 0 bridgehead atoms. The number of anilines is 1. The van der Waals surface area contributed by atoms with Crippen molar-refractivity contribution in [2.24, 2.45) is 0 Å². The van der Waals surface area contributed by atoms with Crippen LogP contribution in [0.1, 0.15) is 5.56 Å². The van der Waals surface area contributed by atoms with Gasteiger partial charge in [-0.1, -0.05) is 48.0 Å². The second-order valence-electron chi connectivity index (χ2n) is 6.37. The van der Waals surface area contributed by atoms with Crippen LogP contribution in [0.5, 0.6) is 11.5 Å². The molecule has 3 aromatic carbocycles. The van der Waals surface area contributed by atoms with Gasteiger partial charge in [-0.05, 0) is 48.0 Å². The number of halogens is 1. The largest absolute Gasteiger partial charge is 0.493 e. The summed E-state index contributed by atoms with van der Waals surface area (Å²) in [6, 6.07) is 20.9. The third kappa shape index (κ3) is 5.46. The molecule has 162 valence electrons. The van der Waals surface area contributed by atoms with Gasteiger partial charge in [0, 0.05) is 5.69 Å². The number of ether oxygens (including phenoxy) is 1. The highest BCUT2D eigenvalue weighted by Gasteiger charge is 2.22. The number of amides is 1. The quantitative estimate of drug-likeness (QED) is 0.307. The maximum atomic E-state index is 12.5. The Morgan fingerprint density at radius 1 is 1.06 bits per heavy atom. The highest BCUT2D eigenvalue weighted by Crippen LogP contribution is 2.38. The van der Waals surface area contributed by atoms with E-state index in [1.54, 1.807) is 48.5 Å². The summed E-state index contributed by atoms with van der Waals surface area (Å²) < 4.78 is 35.5. The number of nitriles is 1. The van der Waals surface area contributed by atoms with Gasteiger partial charge in [0.2, 0.25) is 5.75 Å². The maximum Gasteiger partial charge on any atom is 0.339 e. The van der Waals surface area contributed by atoms with E-state index in [9.17, 15) is 18.5 Å². The normalized spacial score (nSPS) is 11.3. The van der Waals surface area contributed by atoms with Crippen molar-refractivity contribution in [3.05, 3.63) is 89.0 Å². The highest BCUT2D eigenvalue weighted by atomic mass is 35.5. The van der Waals surface area contributed by atoms with Crippen LogP contribution in [0.15, 0.2) is 83.3 Å². The molecule has 1 amide bonds. The van der Waals surface area contributed by atoms with Crippen molar-refractivity contribution >= 4 is 39.4 Å². The summed E-state index contributed by atoms with van der Waals surface area (Å²) in [6.07, 6.45) is 1.31. The SMILES string of the molecule is COc1cc(/C=C(\C#N)C(=O)Nc2ccccc2)cc(Cl)c1OS(=O)(=O)c1ccccc1. The van der Waals surface area contributed by atoms with E-state index in [-0.39, 0.29) is 27.0 Å². The van der Waals surface area contributed by atoms with Crippen LogP contribution in [0.4, 0.5) is 5.69 Å². The van der Waals surface area contributed by atoms with Gasteiger partial charge in [-0.15, -0.1) is 0 Å². The average Bonchev–Trinajstić information content (AvgIpc) is 2.80. The van der Waals surface area contributed by atoms with Crippen molar-refractivity contribution < 1.29 is 22.1 Å². The lowest BCUT2D eigenvalue weighted by Crippen LogP contribution is -2.13. The van der Waals surface area contributed by atoms with Gasteiger partial charge in [0.05, 0.1) is 12.1 Å². The van der Waals surface area contributed by atoms with Crippen molar-refractivity contribution in [2.75, 3.05) is 12.4 Å². The minimum atomic E-state index is -4.15. The van der Waals surface area contributed by atoms with Crippen molar-refractivity contribution in [1.29, 1.82) is 5.26 Å². The zero-order valence-corrected chi connectivity index (χ0v) is 18.4. The zero-order chi connectivity index (χ0) is 23.1. The predicted molar refractivity (Wildman–Crippen MR) is 121 cm³/mol. The fourth-order valence-corrected chi connectivity index (χ4v) is 3.97. The van der Waals surface area contributed by atoms with Gasteiger partial charge >= 0.3 is 10.1 Å². The monoisotopic (exact) mass is 468 g/mol. The molecule has 0 atom stereocenters. The minimum absolute atomic E-state index is 0.0176. The lowest BCUT2D eigenvalue weighted by Gasteiger charge is -2.13. The molecule has 32 heavy (non-hydrogen) atoms. The van der Waals surface area contributed by atoms with Crippen molar-refractivity contribution in [1.82, 2.24) is 0 Å². The van der Waals surface area contributed by atoms with Crippen LogP contribution in [0.25, 0.3) is 6.08 Å². The van der Waals surface area contributed by atoms with Crippen molar-refractivity contribution in [3.8, 4) is 17.6 Å². The number of hydrogen-bond donors (Lipinski definition) is 1. The van der Waals surface area contributed by atoms with Gasteiger partial charge in [-0.25, -0.2) is 0 Å². The molecule has 0 spiro atoms. The standard InChI is InChI=1S/C23H17ClN2O5S/c1-30-21-14-16(12-17(15-25)23(27)26-18-8-4-2-5-9-18)13-20(24)22(21)31-32(28,29)19-10-6-3-7-11-19/h2-14H,1H3,(H,26,27)/b17-12+. The van der Waals surface area contributed by atoms with Crippen LogP contribution in [0.3, 0.4) is 0 Å². The third-order valence-corrected chi connectivity index (χ3v) is 5.70. The van der Waals surface area contributed by atoms with E-state index in [1.165, 1.54) is 37.5 Å². The number of nitrogens with zero attached hydrogens (tertiary/aromatic N) is 1. The fourth-order valence-electron chi connectivity index (χ4n) is 2.68. The lowest BCUT2D eigenvalue weighted by atomic mass is 10.1. The number of carbonyl (C=O) groups is 1. The molecule has 0 unspecified atom stereocenters. The molecule has 3 aromatic rings. The van der Waals surface area contributed by atoms with Crippen LogP contribution in [0, 0.1) is 11.3 Å². The summed E-state index contributed by atoms with van der Waals surface area (Å²) in [6.45, 7) is 0. The average molecular weight is 469 g/mol. The van der Waals surface area contributed by atoms with Crippen LogP contribution in [0.2, 0.25) is 5.02 Å². The first-order valence-corrected chi connectivity index (χ1v) is 11.0. The number of nitrogens with one attached hydrogen (secondary N) is 1. The topological polar surface area (TPSA) is 105 Å². The van der Waals surface area contributed by atoms with Gasteiger partial charge in [0.15, 0.2) is 5.75 Å². The molecule has 9 heteroatoms. The first-order chi connectivity index (χ1) is 15.3.